The van der Waals surface area contributed by atoms with E-state index < -0.39 is 0 Å². The van der Waals surface area contributed by atoms with Crippen molar-refractivity contribution in [2.24, 2.45) is 0 Å². The highest BCUT2D eigenvalue weighted by molar-refractivity contribution is 5.70. The highest BCUT2D eigenvalue weighted by atomic mass is 16.6. The third kappa shape index (κ3) is 5.75. The summed E-state index contributed by atoms with van der Waals surface area (Å²) in [4.78, 5) is 15.5. The number of benzene rings is 1. The van der Waals surface area contributed by atoms with Gasteiger partial charge in [0, 0.05) is 20.1 Å². The number of ether oxygens (including phenoxy) is 1. The monoisotopic (exact) mass is 264 g/mol. The molecule has 0 aliphatic heterocycles. The maximum absolute atomic E-state index is 11.9. The lowest BCUT2D eigenvalue weighted by molar-refractivity contribution is 0.159. The van der Waals surface area contributed by atoms with Crippen molar-refractivity contribution in [3.05, 3.63) is 29.8 Å². The van der Waals surface area contributed by atoms with Crippen molar-refractivity contribution in [3.63, 3.8) is 0 Å². The Balaban J connectivity index is 2.53. The molecule has 1 aromatic rings. The zero-order valence-corrected chi connectivity index (χ0v) is 12.3. The molecule has 0 aliphatic rings. The molecule has 106 valence electrons. The van der Waals surface area contributed by atoms with E-state index in [2.05, 4.69) is 13.0 Å². The fourth-order valence-corrected chi connectivity index (χ4v) is 1.67. The second kappa shape index (κ2) is 7.79. The Morgan fingerprint density at radius 3 is 2.58 bits per heavy atom. The number of carbonyl (C=O) groups is 1. The number of amides is 1. The molecule has 0 N–H and O–H groups in total. The highest BCUT2D eigenvalue weighted by Gasteiger charge is 2.11. The maximum Gasteiger partial charge on any atom is 0.415 e. The van der Waals surface area contributed by atoms with Gasteiger partial charge in [-0.3, -0.25) is 0 Å². The smallest absolute Gasteiger partial charge is 0.410 e. The van der Waals surface area contributed by atoms with E-state index in [0.29, 0.717) is 12.3 Å². The SMILES string of the molecule is CCCc1cccc(OC(=O)N(C)CCN(C)C)c1. The first-order chi connectivity index (χ1) is 9.02. The Morgan fingerprint density at radius 1 is 1.21 bits per heavy atom. The van der Waals surface area contributed by atoms with Crippen LogP contribution in [-0.2, 0) is 6.42 Å². The molecule has 0 spiro atoms. The van der Waals surface area contributed by atoms with E-state index in [1.165, 1.54) is 5.56 Å². The van der Waals surface area contributed by atoms with Crippen molar-refractivity contribution >= 4 is 6.09 Å². The molecular weight excluding hydrogens is 240 g/mol. The van der Waals surface area contributed by atoms with Gasteiger partial charge in [-0.05, 0) is 38.2 Å². The van der Waals surface area contributed by atoms with Crippen LogP contribution in [0.1, 0.15) is 18.9 Å². The lowest BCUT2D eigenvalue weighted by Crippen LogP contribution is -2.35. The van der Waals surface area contributed by atoms with Gasteiger partial charge in [-0.2, -0.15) is 0 Å². The van der Waals surface area contributed by atoms with Crippen LogP contribution in [0.2, 0.25) is 0 Å². The van der Waals surface area contributed by atoms with Gasteiger partial charge in [0.15, 0.2) is 0 Å². The second-order valence-electron chi connectivity index (χ2n) is 4.99. The van der Waals surface area contributed by atoms with Crippen molar-refractivity contribution < 1.29 is 9.53 Å². The summed E-state index contributed by atoms with van der Waals surface area (Å²) in [6.45, 7) is 3.61. The number of nitrogens with zero attached hydrogens (tertiary/aromatic N) is 2. The Labute approximate surface area is 116 Å². The third-order valence-corrected chi connectivity index (χ3v) is 2.84. The second-order valence-corrected chi connectivity index (χ2v) is 4.99. The van der Waals surface area contributed by atoms with E-state index in [9.17, 15) is 4.79 Å². The van der Waals surface area contributed by atoms with Crippen molar-refractivity contribution in [1.29, 1.82) is 0 Å². The number of hydrogen-bond acceptors (Lipinski definition) is 3. The summed E-state index contributed by atoms with van der Waals surface area (Å²) in [5.41, 5.74) is 1.20. The van der Waals surface area contributed by atoms with E-state index in [1.807, 2.05) is 37.2 Å². The minimum atomic E-state index is -0.310. The van der Waals surface area contributed by atoms with E-state index in [0.717, 1.165) is 19.4 Å². The first kappa shape index (κ1) is 15.5. The summed E-state index contributed by atoms with van der Waals surface area (Å²) >= 11 is 0. The minimum absolute atomic E-state index is 0.310. The molecular formula is C15H24N2O2. The molecule has 0 heterocycles. The molecule has 0 bridgehead atoms. The highest BCUT2D eigenvalue weighted by Crippen LogP contribution is 2.15. The quantitative estimate of drug-likeness (QED) is 0.792. The van der Waals surface area contributed by atoms with Gasteiger partial charge in [0.1, 0.15) is 5.75 Å². The molecule has 0 saturated heterocycles. The van der Waals surface area contributed by atoms with Crippen LogP contribution in [0.25, 0.3) is 0 Å². The van der Waals surface area contributed by atoms with Crippen LogP contribution in [0.5, 0.6) is 5.75 Å². The van der Waals surface area contributed by atoms with Crippen LogP contribution >= 0.6 is 0 Å². The molecule has 0 saturated carbocycles. The van der Waals surface area contributed by atoms with Gasteiger partial charge in [0.2, 0.25) is 0 Å². The van der Waals surface area contributed by atoms with Crippen LogP contribution in [-0.4, -0.2) is 50.1 Å². The fraction of sp³-hybridized carbons (Fsp3) is 0.533. The molecule has 0 aliphatic carbocycles. The minimum Gasteiger partial charge on any atom is -0.410 e. The van der Waals surface area contributed by atoms with Crippen LogP contribution in [0.15, 0.2) is 24.3 Å². The average molecular weight is 264 g/mol. The van der Waals surface area contributed by atoms with Crippen molar-refractivity contribution in [3.8, 4) is 5.75 Å². The van der Waals surface area contributed by atoms with Gasteiger partial charge < -0.3 is 14.5 Å². The number of rotatable bonds is 6. The number of hydrogen-bond donors (Lipinski definition) is 0. The molecule has 19 heavy (non-hydrogen) atoms. The molecule has 0 unspecified atom stereocenters. The average Bonchev–Trinajstić information content (AvgIpc) is 2.36. The van der Waals surface area contributed by atoms with Gasteiger partial charge in [-0.1, -0.05) is 25.5 Å². The van der Waals surface area contributed by atoms with E-state index >= 15 is 0 Å². The summed E-state index contributed by atoms with van der Waals surface area (Å²) in [5.74, 6) is 0.618. The van der Waals surface area contributed by atoms with Crippen LogP contribution in [0, 0.1) is 0 Å². The summed E-state index contributed by atoms with van der Waals surface area (Å²) in [6, 6.07) is 7.72. The van der Waals surface area contributed by atoms with Crippen molar-refractivity contribution in [2.75, 3.05) is 34.2 Å². The lowest BCUT2D eigenvalue weighted by atomic mass is 10.1. The third-order valence-electron chi connectivity index (χ3n) is 2.84. The zero-order chi connectivity index (χ0) is 14.3. The van der Waals surface area contributed by atoms with Crippen molar-refractivity contribution in [2.45, 2.75) is 19.8 Å². The largest absolute Gasteiger partial charge is 0.415 e. The van der Waals surface area contributed by atoms with Gasteiger partial charge in [0.05, 0.1) is 0 Å². The Kier molecular flexibility index (Phi) is 6.36. The number of likely N-dealkylation sites (N-methyl/N-ethyl adjacent to an activating group) is 2. The maximum atomic E-state index is 11.9. The molecule has 0 fully saturated rings. The molecule has 0 aromatic heterocycles. The first-order valence-corrected chi connectivity index (χ1v) is 6.69. The Morgan fingerprint density at radius 2 is 1.95 bits per heavy atom. The fourth-order valence-electron chi connectivity index (χ4n) is 1.67. The molecule has 1 aromatic carbocycles. The predicted octanol–water partition coefficient (Wildman–Crippen LogP) is 2.63. The van der Waals surface area contributed by atoms with Gasteiger partial charge >= 0.3 is 6.09 Å². The standard InChI is InChI=1S/C15H24N2O2/c1-5-7-13-8-6-9-14(12-13)19-15(18)17(4)11-10-16(2)3/h6,8-9,12H,5,7,10-11H2,1-4H3. The van der Waals surface area contributed by atoms with Gasteiger partial charge in [-0.25, -0.2) is 4.79 Å². The van der Waals surface area contributed by atoms with E-state index in [1.54, 1.807) is 11.9 Å². The van der Waals surface area contributed by atoms with E-state index in [4.69, 9.17) is 4.74 Å². The van der Waals surface area contributed by atoms with E-state index in [-0.39, 0.29) is 6.09 Å². The van der Waals surface area contributed by atoms with Crippen molar-refractivity contribution in [1.82, 2.24) is 9.80 Å². The zero-order valence-electron chi connectivity index (χ0n) is 12.3. The normalized spacial score (nSPS) is 10.6. The summed E-state index contributed by atoms with van der Waals surface area (Å²) < 4.78 is 5.36. The Bertz CT molecular complexity index is 405. The molecule has 4 nitrogen and oxygen atoms in total. The topological polar surface area (TPSA) is 32.8 Å². The number of aryl methyl sites for hydroxylation is 1. The lowest BCUT2D eigenvalue weighted by Gasteiger charge is -2.19. The molecule has 0 radical (unpaired) electrons. The predicted molar refractivity (Wildman–Crippen MR) is 77.6 cm³/mol. The van der Waals surface area contributed by atoms with Crippen LogP contribution < -0.4 is 4.74 Å². The molecule has 1 rings (SSSR count). The first-order valence-electron chi connectivity index (χ1n) is 6.69. The van der Waals surface area contributed by atoms with Gasteiger partial charge in [-0.15, -0.1) is 0 Å². The molecule has 4 heteroatoms. The van der Waals surface area contributed by atoms with Gasteiger partial charge in [0.25, 0.3) is 0 Å². The Hall–Kier alpha value is -1.55. The summed E-state index contributed by atoms with van der Waals surface area (Å²) in [7, 11) is 5.71. The number of carbonyl (C=O) groups excluding carboxylic acids is 1. The van der Waals surface area contributed by atoms with Crippen LogP contribution in [0.3, 0.4) is 0 Å². The molecule has 1 amide bonds. The summed E-state index contributed by atoms with van der Waals surface area (Å²) in [5, 5.41) is 0. The summed E-state index contributed by atoms with van der Waals surface area (Å²) in [6.07, 6.45) is 1.78. The molecule has 0 atom stereocenters. The van der Waals surface area contributed by atoms with Crippen LogP contribution in [0.4, 0.5) is 4.79 Å².